The molecule has 3 heteroatoms. The maximum atomic E-state index is 9.48. The molecule has 0 spiro atoms. The van der Waals surface area contributed by atoms with Crippen LogP contribution in [0.2, 0.25) is 5.02 Å². The van der Waals surface area contributed by atoms with Crippen molar-refractivity contribution >= 4 is 27.5 Å². The lowest BCUT2D eigenvalue weighted by Crippen LogP contribution is -1.86. The van der Waals surface area contributed by atoms with Gasteiger partial charge in [0.2, 0.25) is 0 Å². The van der Waals surface area contributed by atoms with Crippen molar-refractivity contribution < 1.29 is 5.11 Å². The van der Waals surface area contributed by atoms with Gasteiger partial charge in [-0.2, -0.15) is 0 Å². The van der Waals surface area contributed by atoms with Gasteiger partial charge < -0.3 is 5.11 Å². The number of hydrogen-bond acceptors (Lipinski definition) is 1. The van der Waals surface area contributed by atoms with Crippen LogP contribution in [0.25, 0.3) is 0 Å². The molecule has 0 aliphatic carbocycles. The number of rotatable bonds is 3. The molecular weight excluding hydrogens is 239 g/mol. The summed E-state index contributed by atoms with van der Waals surface area (Å²) in [6, 6.07) is 5.43. The summed E-state index contributed by atoms with van der Waals surface area (Å²) >= 11 is 9.07. The minimum absolute atomic E-state index is 0.222. The van der Waals surface area contributed by atoms with E-state index in [1.54, 1.807) is 6.07 Å². The largest absolute Gasteiger partial charge is 0.506 e. The lowest BCUT2D eigenvalue weighted by molar-refractivity contribution is 0.468. The Hall–Kier alpha value is -0.210. The fourth-order valence-corrected chi connectivity index (χ4v) is 1.49. The predicted molar refractivity (Wildman–Crippen MR) is 55.2 cm³/mol. The van der Waals surface area contributed by atoms with Crippen LogP contribution < -0.4 is 0 Å². The molecule has 0 amide bonds. The lowest BCUT2D eigenvalue weighted by atomic mass is 10.1. The van der Waals surface area contributed by atoms with E-state index >= 15 is 0 Å². The summed E-state index contributed by atoms with van der Waals surface area (Å²) in [6.07, 6.45) is 1.87. The van der Waals surface area contributed by atoms with E-state index in [2.05, 4.69) is 15.9 Å². The van der Waals surface area contributed by atoms with Crippen molar-refractivity contribution in [1.82, 2.24) is 0 Å². The average Bonchev–Trinajstić information content (AvgIpc) is 2.08. The lowest BCUT2D eigenvalue weighted by Gasteiger charge is -2.03. The molecule has 0 heterocycles. The summed E-state index contributed by atoms with van der Waals surface area (Å²) < 4.78 is 0. The third kappa shape index (κ3) is 2.39. The number of benzene rings is 1. The molecule has 1 N–H and O–H groups in total. The number of para-hydroxylation sites is 1. The molecule has 0 aliphatic rings. The summed E-state index contributed by atoms with van der Waals surface area (Å²) in [5, 5.41) is 10.9. The Morgan fingerprint density at radius 2 is 2.17 bits per heavy atom. The second-order valence-electron chi connectivity index (χ2n) is 2.54. The molecule has 12 heavy (non-hydrogen) atoms. The Kier molecular flexibility index (Phi) is 3.89. The molecule has 1 aromatic carbocycles. The highest BCUT2D eigenvalue weighted by molar-refractivity contribution is 9.09. The fourth-order valence-electron chi connectivity index (χ4n) is 1.02. The Balaban J connectivity index is 2.78. The van der Waals surface area contributed by atoms with Crippen LogP contribution in [0.3, 0.4) is 0 Å². The van der Waals surface area contributed by atoms with Gasteiger partial charge in [-0.1, -0.05) is 39.7 Å². The number of halogens is 2. The van der Waals surface area contributed by atoms with Crippen molar-refractivity contribution in [2.75, 3.05) is 5.33 Å². The number of alkyl halides is 1. The van der Waals surface area contributed by atoms with E-state index in [1.807, 2.05) is 12.1 Å². The van der Waals surface area contributed by atoms with Gasteiger partial charge in [-0.05, 0) is 24.5 Å². The zero-order chi connectivity index (χ0) is 8.97. The third-order valence-corrected chi connectivity index (χ3v) is 2.52. The first-order chi connectivity index (χ1) is 5.75. The quantitative estimate of drug-likeness (QED) is 0.814. The van der Waals surface area contributed by atoms with Crippen molar-refractivity contribution in [2.45, 2.75) is 12.8 Å². The number of aromatic hydroxyl groups is 1. The second kappa shape index (κ2) is 4.73. The second-order valence-corrected chi connectivity index (χ2v) is 3.74. The van der Waals surface area contributed by atoms with Gasteiger partial charge in [0, 0.05) is 5.33 Å². The van der Waals surface area contributed by atoms with Crippen molar-refractivity contribution in [2.24, 2.45) is 0 Å². The standard InChI is InChI=1S/C9H10BrClO/c10-6-2-4-7-3-1-5-8(11)9(7)12/h1,3,5,12H,2,4,6H2. The van der Waals surface area contributed by atoms with E-state index in [0.29, 0.717) is 5.02 Å². The van der Waals surface area contributed by atoms with Crippen LogP contribution in [0.5, 0.6) is 5.75 Å². The molecule has 0 aromatic heterocycles. The molecule has 0 fully saturated rings. The summed E-state index contributed by atoms with van der Waals surface area (Å²) in [7, 11) is 0. The highest BCUT2D eigenvalue weighted by Crippen LogP contribution is 2.27. The Labute approximate surface area is 85.5 Å². The zero-order valence-corrected chi connectivity index (χ0v) is 8.90. The van der Waals surface area contributed by atoms with Crippen LogP contribution in [0.1, 0.15) is 12.0 Å². The number of hydrogen-bond donors (Lipinski definition) is 1. The van der Waals surface area contributed by atoms with Crippen molar-refractivity contribution in [3.8, 4) is 5.75 Å². The average molecular weight is 250 g/mol. The molecule has 0 saturated heterocycles. The number of phenolic OH excluding ortho intramolecular Hbond substituents is 1. The van der Waals surface area contributed by atoms with Gasteiger partial charge in [0.15, 0.2) is 0 Å². The highest BCUT2D eigenvalue weighted by Gasteiger charge is 2.03. The first-order valence-corrected chi connectivity index (χ1v) is 5.28. The molecule has 1 nitrogen and oxygen atoms in total. The van der Waals surface area contributed by atoms with E-state index in [4.69, 9.17) is 11.6 Å². The first-order valence-electron chi connectivity index (χ1n) is 3.78. The van der Waals surface area contributed by atoms with Crippen LogP contribution in [0.15, 0.2) is 18.2 Å². The normalized spacial score (nSPS) is 10.2. The smallest absolute Gasteiger partial charge is 0.137 e. The maximum absolute atomic E-state index is 9.48. The Bertz CT molecular complexity index is 263. The molecule has 0 radical (unpaired) electrons. The highest BCUT2D eigenvalue weighted by atomic mass is 79.9. The maximum Gasteiger partial charge on any atom is 0.137 e. The van der Waals surface area contributed by atoms with E-state index < -0.39 is 0 Å². The van der Waals surface area contributed by atoms with Gasteiger partial charge in [0.25, 0.3) is 0 Å². The molecule has 0 atom stereocenters. The first kappa shape index (κ1) is 9.87. The van der Waals surface area contributed by atoms with Gasteiger partial charge in [0.05, 0.1) is 5.02 Å². The van der Waals surface area contributed by atoms with E-state index in [0.717, 1.165) is 23.7 Å². The molecule has 0 bridgehead atoms. The molecule has 0 unspecified atom stereocenters. The summed E-state index contributed by atoms with van der Waals surface area (Å²) in [5.41, 5.74) is 0.918. The van der Waals surface area contributed by atoms with E-state index in [-0.39, 0.29) is 5.75 Å². The third-order valence-electron chi connectivity index (χ3n) is 1.65. The number of phenols is 1. The van der Waals surface area contributed by atoms with Gasteiger partial charge in [-0.3, -0.25) is 0 Å². The van der Waals surface area contributed by atoms with E-state index in [9.17, 15) is 5.11 Å². The Morgan fingerprint density at radius 3 is 2.83 bits per heavy atom. The predicted octanol–water partition coefficient (Wildman–Crippen LogP) is 3.37. The minimum Gasteiger partial charge on any atom is -0.506 e. The van der Waals surface area contributed by atoms with Gasteiger partial charge in [-0.25, -0.2) is 0 Å². The SMILES string of the molecule is Oc1c(Cl)cccc1CCCBr. The number of aryl methyl sites for hydroxylation is 1. The van der Waals surface area contributed by atoms with Crippen LogP contribution in [-0.4, -0.2) is 10.4 Å². The van der Waals surface area contributed by atoms with Crippen molar-refractivity contribution in [3.63, 3.8) is 0 Å². The Morgan fingerprint density at radius 1 is 1.42 bits per heavy atom. The molecule has 66 valence electrons. The minimum atomic E-state index is 0.222. The summed E-state index contributed by atoms with van der Waals surface area (Å²) in [6.45, 7) is 0. The van der Waals surface area contributed by atoms with Crippen molar-refractivity contribution in [1.29, 1.82) is 0 Å². The summed E-state index contributed by atoms with van der Waals surface area (Å²) in [5.74, 6) is 0.222. The summed E-state index contributed by atoms with van der Waals surface area (Å²) in [4.78, 5) is 0. The molecular formula is C9H10BrClO. The molecule has 0 saturated carbocycles. The van der Waals surface area contributed by atoms with E-state index in [1.165, 1.54) is 0 Å². The van der Waals surface area contributed by atoms with Gasteiger partial charge >= 0.3 is 0 Å². The fraction of sp³-hybridized carbons (Fsp3) is 0.333. The molecule has 0 aliphatic heterocycles. The molecule has 1 aromatic rings. The van der Waals surface area contributed by atoms with Gasteiger partial charge in [0.1, 0.15) is 5.75 Å². The topological polar surface area (TPSA) is 20.2 Å². The van der Waals surface area contributed by atoms with Crippen LogP contribution in [-0.2, 0) is 6.42 Å². The van der Waals surface area contributed by atoms with Crippen LogP contribution in [0.4, 0.5) is 0 Å². The van der Waals surface area contributed by atoms with Crippen LogP contribution >= 0.6 is 27.5 Å². The van der Waals surface area contributed by atoms with Crippen LogP contribution in [0, 0.1) is 0 Å². The molecule has 1 rings (SSSR count). The van der Waals surface area contributed by atoms with Gasteiger partial charge in [-0.15, -0.1) is 0 Å². The monoisotopic (exact) mass is 248 g/mol. The van der Waals surface area contributed by atoms with Crippen molar-refractivity contribution in [3.05, 3.63) is 28.8 Å². The zero-order valence-electron chi connectivity index (χ0n) is 6.56.